The number of esters is 1. The number of likely N-dealkylation sites (N-methyl/N-ethyl adjacent to an activating group) is 1. The first-order valence-corrected chi connectivity index (χ1v) is 5.18. The number of rotatable bonds is 8. The predicted molar refractivity (Wildman–Crippen MR) is 59.0 cm³/mol. The summed E-state index contributed by atoms with van der Waals surface area (Å²) in [7, 11) is 2.89. The number of nitrogens with zero attached hydrogens (tertiary/aromatic N) is 1. The van der Waals surface area contributed by atoms with Crippen LogP contribution in [0.25, 0.3) is 0 Å². The molecule has 1 amide bonds. The van der Waals surface area contributed by atoms with Crippen LogP contribution in [0, 0.1) is 0 Å². The fourth-order valence-electron chi connectivity index (χ4n) is 1.14. The highest BCUT2D eigenvalue weighted by Crippen LogP contribution is 1.90. The molecule has 0 heterocycles. The van der Waals surface area contributed by atoms with Gasteiger partial charge in [-0.2, -0.15) is 0 Å². The number of nitrogens with one attached hydrogen (secondary N) is 1. The maximum Gasteiger partial charge on any atom is 0.319 e. The molecule has 0 unspecified atom stereocenters. The SMILES string of the molecule is CCNC(=O)CN(CCOC)CC(=O)OC. The molecule has 0 fully saturated rings. The van der Waals surface area contributed by atoms with Crippen molar-refractivity contribution in [2.75, 3.05) is 47.0 Å². The lowest BCUT2D eigenvalue weighted by atomic mass is 10.4. The molecule has 0 aliphatic rings. The van der Waals surface area contributed by atoms with Crippen LogP contribution in [-0.4, -0.2) is 63.8 Å². The van der Waals surface area contributed by atoms with Crippen molar-refractivity contribution >= 4 is 11.9 Å². The number of ether oxygens (including phenoxy) is 2. The lowest BCUT2D eigenvalue weighted by Gasteiger charge is -2.19. The molecule has 0 aromatic rings. The zero-order chi connectivity index (χ0) is 12.4. The predicted octanol–water partition coefficient (Wildman–Crippen LogP) is -0.756. The maximum atomic E-state index is 11.3. The normalized spacial score (nSPS) is 10.2. The minimum absolute atomic E-state index is 0.0942. The van der Waals surface area contributed by atoms with E-state index in [1.807, 2.05) is 6.92 Å². The molecule has 0 saturated carbocycles. The summed E-state index contributed by atoms with van der Waals surface area (Å²) in [6.07, 6.45) is 0. The topological polar surface area (TPSA) is 67.9 Å². The molecule has 0 rings (SSSR count). The summed E-state index contributed by atoms with van der Waals surface area (Å²) >= 11 is 0. The molecule has 6 heteroatoms. The summed E-state index contributed by atoms with van der Waals surface area (Å²) in [5, 5.41) is 2.67. The summed E-state index contributed by atoms with van der Waals surface area (Å²) in [6, 6.07) is 0. The van der Waals surface area contributed by atoms with Crippen LogP contribution < -0.4 is 5.32 Å². The Morgan fingerprint density at radius 2 is 1.94 bits per heavy atom. The van der Waals surface area contributed by atoms with E-state index in [1.165, 1.54) is 7.11 Å². The van der Waals surface area contributed by atoms with Crippen LogP contribution >= 0.6 is 0 Å². The Labute approximate surface area is 95.9 Å². The van der Waals surface area contributed by atoms with Gasteiger partial charge in [0, 0.05) is 20.2 Å². The van der Waals surface area contributed by atoms with Crippen molar-refractivity contribution in [1.29, 1.82) is 0 Å². The summed E-state index contributed by atoms with van der Waals surface area (Å²) < 4.78 is 9.45. The highest BCUT2D eigenvalue weighted by molar-refractivity contribution is 5.79. The molecule has 16 heavy (non-hydrogen) atoms. The van der Waals surface area contributed by atoms with Gasteiger partial charge in [-0.3, -0.25) is 14.5 Å². The monoisotopic (exact) mass is 232 g/mol. The zero-order valence-electron chi connectivity index (χ0n) is 10.1. The maximum absolute atomic E-state index is 11.3. The third-order valence-corrected chi connectivity index (χ3v) is 1.93. The van der Waals surface area contributed by atoms with Gasteiger partial charge in [0.15, 0.2) is 0 Å². The lowest BCUT2D eigenvalue weighted by molar-refractivity contribution is -0.142. The minimum atomic E-state index is -0.361. The largest absolute Gasteiger partial charge is 0.468 e. The quantitative estimate of drug-likeness (QED) is 0.557. The number of hydrogen-bond acceptors (Lipinski definition) is 5. The second kappa shape index (κ2) is 9.11. The Balaban J connectivity index is 4.08. The summed E-state index contributed by atoms with van der Waals surface area (Å²) in [6.45, 7) is 3.68. The number of methoxy groups -OCH3 is 2. The average molecular weight is 232 g/mol. The fraction of sp³-hybridized carbons (Fsp3) is 0.800. The Hall–Kier alpha value is -1.14. The minimum Gasteiger partial charge on any atom is -0.468 e. The number of hydrogen-bond donors (Lipinski definition) is 1. The van der Waals surface area contributed by atoms with E-state index in [0.29, 0.717) is 19.7 Å². The first kappa shape index (κ1) is 14.9. The van der Waals surface area contributed by atoms with Crippen LogP contribution in [0.1, 0.15) is 6.92 Å². The van der Waals surface area contributed by atoms with Crippen molar-refractivity contribution in [1.82, 2.24) is 10.2 Å². The van der Waals surface area contributed by atoms with Crippen molar-refractivity contribution < 1.29 is 19.1 Å². The van der Waals surface area contributed by atoms with E-state index in [-0.39, 0.29) is 25.0 Å². The van der Waals surface area contributed by atoms with Crippen molar-refractivity contribution in [3.05, 3.63) is 0 Å². The van der Waals surface area contributed by atoms with Gasteiger partial charge in [0.05, 0.1) is 26.8 Å². The van der Waals surface area contributed by atoms with Gasteiger partial charge in [-0.1, -0.05) is 0 Å². The van der Waals surface area contributed by atoms with Crippen molar-refractivity contribution in [2.45, 2.75) is 6.92 Å². The molecule has 0 bridgehead atoms. The third-order valence-electron chi connectivity index (χ3n) is 1.93. The van der Waals surface area contributed by atoms with Gasteiger partial charge in [0.25, 0.3) is 0 Å². The zero-order valence-corrected chi connectivity index (χ0v) is 10.1. The first-order chi connectivity index (χ1) is 7.63. The molecule has 0 radical (unpaired) electrons. The van der Waals surface area contributed by atoms with Gasteiger partial charge in [-0.15, -0.1) is 0 Å². The second-order valence-electron chi connectivity index (χ2n) is 3.23. The van der Waals surface area contributed by atoms with E-state index in [9.17, 15) is 9.59 Å². The first-order valence-electron chi connectivity index (χ1n) is 5.18. The van der Waals surface area contributed by atoms with E-state index in [4.69, 9.17) is 4.74 Å². The lowest BCUT2D eigenvalue weighted by Crippen LogP contribution is -2.41. The molecular formula is C10H20N2O4. The van der Waals surface area contributed by atoms with Crippen LogP contribution in [0.5, 0.6) is 0 Å². The van der Waals surface area contributed by atoms with Gasteiger partial charge in [0.1, 0.15) is 0 Å². The number of amides is 1. The van der Waals surface area contributed by atoms with Crippen LogP contribution in [-0.2, 0) is 19.1 Å². The molecule has 0 aliphatic carbocycles. The number of carbonyl (C=O) groups is 2. The van der Waals surface area contributed by atoms with E-state index in [0.717, 1.165) is 0 Å². The van der Waals surface area contributed by atoms with E-state index >= 15 is 0 Å². The molecule has 0 aliphatic heterocycles. The second-order valence-corrected chi connectivity index (χ2v) is 3.23. The number of carbonyl (C=O) groups excluding carboxylic acids is 2. The Morgan fingerprint density at radius 3 is 2.44 bits per heavy atom. The molecule has 1 N–H and O–H groups in total. The molecule has 0 saturated heterocycles. The molecular weight excluding hydrogens is 212 g/mol. The Bertz CT molecular complexity index is 221. The third kappa shape index (κ3) is 7.19. The fourth-order valence-corrected chi connectivity index (χ4v) is 1.14. The van der Waals surface area contributed by atoms with Gasteiger partial charge in [-0.05, 0) is 6.92 Å². The van der Waals surface area contributed by atoms with E-state index in [1.54, 1.807) is 12.0 Å². The standard InChI is InChI=1S/C10H20N2O4/c1-4-11-9(13)7-12(5-6-15-2)8-10(14)16-3/h4-8H2,1-3H3,(H,11,13). The summed E-state index contributed by atoms with van der Waals surface area (Å²) in [5.74, 6) is -0.470. The van der Waals surface area contributed by atoms with Crippen LogP contribution in [0.3, 0.4) is 0 Å². The van der Waals surface area contributed by atoms with Gasteiger partial charge in [-0.25, -0.2) is 0 Å². The van der Waals surface area contributed by atoms with E-state index < -0.39 is 0 Å². The highest BCUT2D eigenvalue weighted by Gasteiger charge is 2.13. The smallest absolute Gasteiger partial charge is 0.319 e. The van der Waals surface area contributed by atoms with Gasteiger partial charge >= 0.3 is 5.97 Å². The van der Waals surface area contributed by atoms with Crippen molar-refractivity contribution in [3.63, 3.8) is 0 Å². The van der Waals surface area contributed by atoms with Crippen LogP contribution in [0.2, 0.25) is 0 Å². The van der Waals surface area contributed by atoms with Gasteiger partial charge in [0.2, 0.25) is 5.91 Å². The molecule has 0 aromatic carbocycles. The van der Waals surface area contributed by atoms with Gasteiger partial charge < -0.3 is 14.8 Å². The van der Waals surface area contributed by atoms with E-state index in [2.05, 4.69) is 10.1 Å². The van der Waals surface area contributed by atoms with Crippen molar-refractivity contribution in [2.24, 2.45) is 0 Å². The molecule has 0 spiro atoms. The Morgan fingerprint density at radius 1 is 1.25 bits per heavy atom. The molecule has 0 aromatic heterocycles. The van der Waals surface area contributed by atoms with Crippen molar-refractivity contribution in [3.8, 4) is 0 Å². The summed E-state index contributed by atoms with van der Waals surface area (Å²) in [4.78, 5) is 24.1. The average Bonchev–Trinajstić information content (AvgIpc) is 2.26. The summed E-state index contributed by atoms with van der Waals surface area (Å²) in [5.41, 5.74) is 0. The van der Waals surface area contributed by atoms with Crippen LogP contribution in [0.15, 0.2) is 0 Å². The molecule has 0 atom stereocenters. The highest BCUT2D eigenvalue weighted by atomic mass is 16.5. The molecule has 6 nitrogen and oxygen atoms in total. The van der Waals surface area contributed by atoms with Crippen LogP contribution in [0.4, 0.5) is 0 Å². The Kier molecular flexibility index (Phi) is 8.46. The molecule has 94 valence electrons.